The number of hydrogen-bond acceptors (Lipinski definition) is 7. The van der Waals surface area contributed by atoms with Crippen molar-refractivity contribution in [3.8, 4) is 28.7 Å². The lowest BCUT2D eigenvalue weighted by Gasteiger charge is -2.09. The minimum absolute atomic E-state index is 0.0159. The molecule has 9 nitrogen and oxygen atoms in total. The Hall–Kier alpha value is -3.24. The zero-order valence-electron chi connectivity index (χ0n) is 15.4. The Morgan fingerprint density at radius 3 is 2.57 bits per heavy atom. The van der Waals surface area contributed by atoms with Crippen LogP contribution in [0.4, 0.5) is 10.5 Å². The van der Waals surface area contributed by atoms with Crippen LogP contribution >= 0.6 is 27.5 Å². The number of benzene rings is 2. The fourth-order valence-electron chi connectivity index (χ4n) is 2.43. The Kier molecular flexibility index (Phi) is 6.48. The molecule has 0 aliphatic carbocycles. The second kappa shape index (κ2) is 9.06. The highest BCUT2D eigenvalue weighted by atomic mass is 79.9. The van der Waals surface area contributed by atoms with E-state index in [1.165, 1.54) is 6.07 Å². The van der Waals surface area contributed by atoms with Gasteiger partial charge in [0.2, 0.25) is 0 Å². The van der Waals surface area contributed by atoms with Crippen LogP contribution in [-0.4, -0.2) is 33.9 Å². The number of carbonyl (C=O) groups excluding carboxylic acids is 2. The van der Waals surface area contributed by atoms with E-state index in [0.29, 0.717) is 12.1 Å². The van der Waals surface area contributed by atoms with Gasteiger partial charge in [-0.05, 0) is 42.4 Å². The van der Waals surface area contributed by atoms with E-state index in [0.717, 1.165) is 10.5 Å². The zero-order valence-corrected chi connectivity index (χ0v) is 17.7. The van der Waals surface area contributed by atoms with Crippen molar-refractivity contribution in [2.45, 2.75) is 6.92 Å². The standard InChI is InChI=1S/C19H15BrClN3O6/c1-2-22-19(28)29-18-15(23-17(27)9-3-5-10(20)6-4-9)16(30-24-18)11-7-12(21)14(26)8-13(11)25/h3-8,25-26H,2H2,1H3,(H,22,28)(H,23,27). The third-order valence-corrected chi connectivity index (χ3v) is 4.66. The molecule has 0 unspecified atom stereocenters. The maximum Gasteiger partial charge on any atom is 0.414 e. The molecule has 30 heavy (non-hydrogen) atoms. The molecular weight excluding hydrogens is 482 g/mol. The predicted octanol–water partition coefficient (Wildman–Crippen LogP) is 4.53. The monoisotopic (exact) mass is 495 g/mol. The Morgan fingerprint density at radius 2 is 1.90 bits per heavy atom. The van der Waals surface area contributed by atoms with Gasteiger partial charge >= 0.3 is 6.09 Å². The molecule has 1 aromatic heterocycles. The Labute approximate surface area is 183 Å². The molecule has 3 aromatic rings. The van der Waals surface area contributed by atoms with Crippen molar-refractivity contribution in [1.82, 2.24) is 10.5 Å². The highest BCUT2D eigenvalue weighted by Crippen LogP contribution is 2.43. The number of rotatable bonds is 5. The number of ether oxygens (including phenoxy) is 1. The van der Waals surface area contributed by atoms with Gasteiger partial charge in [0.25, 0.3) is 11.8 Å². The minimum Gasteiger partial charge on any atom is -0.507 e. The van der Waals surface area contributed by atoms with Gasteiger partial charge in [-0.25, -0.2) is 4.79 Å². The molecule has 0 bridgehead atoms. The molecule has 1 heterocycles. The van der Waals surface area contributed by atoms with Crippen LogP contribution in [0.2, 0.25) is 5.02 Å². The second-order valence-electron chi connectivity index (χ2n) is 5.89. The molecule has 4 N–H and O–H groups in total. The van der Waals surface area contributed by atoms with Crippen molar-refractivity contribution in [3.63, 3.8) is 0 Å². The first-order valence-electron chi connectivity index (χ1n) is 8.54. The number of anilines is 1. The van der Waals surface area contributed by atoms with E-state index in [1.807, 2.05) is 0 Å². The molecule has 0 saturated heterocycles. The quantitative estimate of drug-likeness (QED) is 0.408. The SMILES string of the molecule is CCNC(=O)Oc1noc(-c2cc(Cl)c(O)cc2O)c1NC(=O)c1ccc(Br)cc1. The number of nitrogens with one attached hydrogen (secondary N) is 2. The van der Waals surface area contributed by atoms with Crippen LogP contribution in [0.25, 0.3) is 11.3 Å². The van der Waals surface area contributed by atoms with Crippen LogP contribution in [0.5, 0.6) is 17.4 Å². The van der Waals surface area contributed by atoms with Crippen LogP contribution in [0.15, 0.2) is 45.4 Å². The third kappa shape index (κ3) is 4.66. The van der Waals surface area contributed by atoms with Gasteiger partial charge in [0.15, 0.2) is 11.4 Å². The van der Waals surface area contributed by atoms with Crippen molar-refractivity contribution in [2.24, 2.45) is 0 Å². The Morgan fingerprint density at radius 1 is 1.20 bits per heavy atom. The summed E-state index contributed by atoms with van der Waals surface area (Å²) in [5.74, 6) is -1.74. The van der Waals surface area contributed by atoms with E-state index in [9.17, 15) is 19.8 Å². The van der Waals surface area contributed by atoms with E-state index < -0.39 is 17.7 Å². The van der Waals surface area contributed by atoms with Gasteiger partial charge < -0.3 is 30.1 Å². The first-order chi connectivity index (χ1) is 14.3. The van der Waals surface area contributed by atoms with Crippen LogP contribution in [-0.2, 0) is 0 Å². The summed E-state index contributed by atoms with van der Waals surface area (Å²) in [6.07, 6.45) is -0.815. The van der Waals surface area contributed by atoms with Gasteiger partial charge in [-0.2, -0.15) is 0 Å². The lowest BCUT2D eigenvalue weighted by Crippen LogP contribution is -2.26. The average Bonchev–Trinajstić information content (AvgIpc) is 3.07. The maximum absolute atomic E-state index is 12.7. The van der Waals surface area contributed by atoms with Gasteiger partial charge in [0, 0.05) is 22.6 Å². The van der Waals surface area contributed by atoms with Crippen LogP contribution in [0, 0.1) is 0 Å². The van der Waals surface area contributed by atoms with Gasteiger partial charge in [-0.1, -0.05) is 27.5 Å². The predicted molar refractivity (Wildman–Crippen MR) is 112 cm³/mol. The zero-order chi connectivity index (χ0) is 21.8. The highest BCUT2D eigenvalue weighted by molar-refractivity contribution is 9.10. The molecule has 2 amide bonds. The van der Waals surface area contributed by atoms with Gasteiger partial charge in [0.1, 0.15) is 11.5 Å². The molecule has 156 valence electrons. The van der Waals surface area contributed by atoms with E-state index in [2.05, 4.69) is 31.7 Å². The van der Waals surface area contributed by atoms with Crippen LogP contribution in [0.1, 0.15) is 17.3 Å². The lowest BCUT2D eigenvalue weighted by atomic mass is 10.1. The molecule has 11 heteroatoms. The van der Waals surface area contributed by atoms with Gasteiger partial charge in [-0.15, -0.1) is 0 Å². The molecule has 0 spiro atoms. The minimum atomic E-state index is -0.815. The summed E-state index contributed by atoms with van der Waals surface area (Å²) in [7, 11) is 0. The van der Waals surface area contributed by atoms with Crippen LogP contribution in [0.3, 0.4) is 0 Å². The van der Waals surface area contributed by atoms with Gasteiger partial charge in [-0.3, -0.25) is 4.79 Å². The molecule has 0 aliphatic heterocycles. The molecule has 3 rings (SSSR count). The molecule has 0 radical (unpaired) electrons. The largest absolute Gasteiger partial charge is 0.507 e. The first-order valence-corrected chi connectivity index (χ1v) is 9.71. The number of amides is 2. The van der Waals surface area contributed by atoms with E-state index in [-0.39, 0.29) is 33.7 Å². The van der Waals surface area contributed by atoms with E-state index >= 15 is 0 Å². The van der Waals surface area contributed by atoms with Crippen molar-refractivity contribution in [2.75, 3.05) is 11.9 Å². The summed E-state index contributed by atoms with van der Waals surface area (Å²) in [6, 6.07) is 8.74. The summed E-state index contributed by atoms with van der Waals surface area (Å²) in [4.78, 5) is 24.5. The lowest BCUT2D eigenvalue weighted by molar-refractivity contribution is 0.102. The fourth-order valence-corrected chi connectivity index (χ4v) is 2.86. The van der Waals surface area contributed by atoms with Crippen molar-refractivity contribution in [3.05, 3.63) is 51.5 Å². The summed E-state index contributed by atoms with van der Waals surface area (Å²) < 4.78 is 11.1. The molecule has 0 fully saturated rings. The normalized spacial score (nSPS) is 10.5. The number of halogens is 2. The summed E-state index contributed by atoms with van der Waals surface area (Å²) in [5.41, 5.74) is 0.218. The highest BCUT2D eigenvalue weighted by Gasteiger charge is 2.26. The van der Waals surface area contributed by atoms with E-state index in [1.54, 1.807) is 31.2 Å². The third-order valence-electron chi connectivity index (χ3n) is 3.83. The summed E-state index contributed by atoms with van der Waals surface area (Å²) in [5, 5.41) is 28.5. The molecule has 2 aromatic carbocycles. The van der Waals surface area contributed by atoms with E-state index in [4.69, 9.17) is 20.9 Å². The number of carbonyl (C=O) groups is 2. The van der Waals surface area contributed by atoms with Crippen molar-refractivity contribution in [1.29, 1.82) is 0 Å². The molecule has 0 atom stereocenters. The summed E-state index contributed by atoms with van der Waals surface area (Å²) in [6.45, 7) is 2.00. The molecular formula is C19H15BrClN3O6. The Balaban J connectivity index is 2.04. The van der Waals surface area contributed by atoms with Gasteiger partial charge in [0.05, 0.1) is 10.6 Å². The number of phenols is 2. The van der Waals surface area contributed by atoms with Crippen molar-refractivity contribution < 1.29 is 29.1 Å². The maximum atomic E-state index is 12.7. The smallest absolute Gasteiger partial charge is 0.414 e. The second-order valence-corrected chi connectivity index (χ2v) is 7.22. The number of hydrogen-bond donors (Lipinski definition) is 4. The molecule has 0 saturated carbocycles. The van der Waals surface area contributed by atoms with Crippen LogP contribution < -0.4 is 15.4 Å². The first kappa shape index (κ1) is 21.5. The fraction of sp³-hybridized carbons (Fsp3) is 0.105. The van der Waals surface area contributed by atoms with Crippen molar-refractivity contribution >= 4 is 45.2 Å². The number of aromatic hydroxyl groups is 2. The molecule has 0 aliphatic rings. The number of phenolic OH excluding ortho intramolecular Hbond substituents is 2. The number of nitrogens with zero attached hydrogens (tertiary/aromatic N) is 1. The average molecular weight is 497 g/mol. The summed E-state index contributed by atoms with van der Waals surface area (Å²) >= 11 is 9.22. The number of aromatic nitrogens is 1. The topological polar surface area (TPSA) is 134 Å². The Bertz CT molecular complexity index is 1100.